The van der Waals surface area contributed by atoms with Gasteiger partial charge in [0.1, 0.15) is 29.5 Å². The van der Waals surface area contributed by atoms with Gasteiger partial charge < -0.3 is 44.3 Å². The molecular formula is C42H55F4N5O9S. The molecule has 4 N–H and O–H groups in total. The summed E-state index contributed by atoms with van der Waals surface area (Å²) in [7, 11) is 1.92. The van der Waals surface area contributed by atoms with Crippen molar-refractivity contribution in [1.82, 2.24) is 25.2 Å². The number of ether oxygens (including phenoxy) is 4. The summed E-state index contributed by atoms with van der Waals surface area (Å²) < 4.78 is 80.9. The summed E-state index contributed by atoms with van der Waals surface area (Å²) in [6.07, 6.45) is 1.06. The van der Waals surface area contributed by atoms with E-state index in [2.05, 4.69) is 20.3 Å². The van der Waals surface area contributed by atoms with Crippen molar-refractivity contribution in [2.45, 2.75) is 120 Å². The summed E-state index contributed by atoms with van der Waals surface area (Å²) in [5.41, 5.74) is -4.29. The third-order valence-electron chi connectivity index (χ3n) is 12.3. The van der Waals surface area contributed by atoms with Crippen LogP contribution in [0.2, 0.25) is 0 Å². The number of methoxy groups -OCH3 is 2. The largest absolute Gasteiger partial charge is 0.494 e. The molecule has 3 fully saturated rings. The second kappa shape index (κ2) is 17.6. The van der Waals surface area contributed by atoms with Crippen molar-refractivity contribution in [3.8, 4) is 17.4 Å². The van der Waals surface area contributed by atoms with E-state index in [0.29, 0.717) is 44.2 Å². The Kier molecular flexibility index (Phi) is 13.2. The van der Waals surface area contributed by atoms with E-state index in [1.807, 2.05) is 24.4 Å². The first-order chi connectivity index (χ1) is 28.7. The number of benzene rings is 1. The summed E-state index contributed by atoms with van der Waals surface area (Å²) in [5.74, 6) is -3.51. The van der Waals surface area contributed by atoms with Gasteiger partial charge in [0.25, 0.3) is 5.91 Å². The van der Waals surface area contributed by atoms with Crippen molar-refractivity contribution >= 4 is 50.6 Å². The highest BCUT2D eigenvalue weighted by molar-refractivity contribution is 8.15. The van der Waals surface area contributed by atoms with Crippen molar-refractivity contribution in [3.05, 3.63) is 36.3 Å². The molecule has 1 saturated heterocycles. The number of alkyl halides is 3. The number of amides is 4. The Morgan fingerprint density at radius 1 is 1.10 bits per heavy atom. The maximum Gasteiger partial charge on any atom is 0.427 e. The van der Waals surface area contributed by atoms with Gasteiger partial charge in [-0.25, -0.2) is 14.2 Å². The molecular weight excluding hydrogens is 827 g/mol. The second-order valence-corrected chi connectivity index (χ2v) is 19.3. The molecule has 6 rings (SSSR count). The molecule has 1 aromatic carbocycles. The zero-order chi connectivity index (χ0) is 44.7. The lowest BCUT2D eigenvalue weighted by atomic mass is 9.88. The standard InChI is InChI=1S/C42H55F4N5O9S/c1-8-61(40(22-52)13-14-40)50-37(55)41-19-25(41)12-10-9-11-23(2)15-24(3)33(48-38(56)60-39(4,5)42(44,45)46)36(54)51-21-26(16-30(51)34(53)49-41)59-35-28-17-29(43)31(57-6)18-27(28)32(58-7)20-47-35/h8,10,12,17-18,20,23-26,30,33,52H,9,11,13-16,19,21-22H2,1-7H3,(H,48,56)(H,49,53)(H,50,55)/b12-10-/t23-,24-,25-,26-,30+,33+,41-,61?/m1/s1. The molecule has 0 spiro atoms. The lowest BCUT2D eigenvalue weighted by molar-refractivity contribution is -0.244. The van der Waals surface area contributed by atoms with E-state index in [9.17, 15) is 37.5 Å². The number of nitrogens with zero attached hydrogens (tertiary/aromatic N) is 2. The quantitative estimate of drug-likeness (QED) is 0.131. The van der Waals surface area contributed by atoms with Gasteiger partial charge in [-0.1, -0.05) is 36.7 Å². The molecule has 1 aromatic heterocycles. The molecule has 0 radical (unpaired) electrons. The number of rotatable bonds is 10. The Morgan fingerprint density at radius 2 is 1.80 bits per heavy atom. The van der Waals surface area contributed by atoms with Crippen LogP contribution >= 0.6 is 10.7 Å². The summed E-state index contributed by atoms with van der Waals surface area (Å²) in [5, 5.41) is 18.0. The third kappa shape index (κ3) is 9.42. The van der Waals surface area contributed by atoms with Crippen LogP contribution in [0, 0.1) is 23.6 Å². The van der Waals surface area contributed by atoms with Crippen LogP contribution in [0.4, 0.5) is 22.4 Å². The summed E-state index contributed by atoms with van der Waals surface area (Å²) >= 11 is 0. The van der Waals surface area contributed by atoms with Gasteiger partial charge in [0.2, 0.25) is 23.3 Å². The molecule has 4 aliphatic rings. The fourth-order valence-electron chi connectivity index (χ4n) is 8.22. The number of carbonyl (C=O) groups excluding carboxylic acids is 4. The number of allylic oxidation sites excluding steroid dienone is 1. The van der Waals surface area contributed by atoms with Crippen molar-refractivity contribution < 1.29 is 60.8 Å². The lowest BCUT2D eigenvalue weighted by Gasteiger charge is -2.34. The smallest absolute Gasteiger partial charge is 0.427 e. The zero-order valence-corrected chi connectivity index (χ0v) is 36.1. The molecule has 8 atom stereocenters. The summed E-state index contributed by atoms with van der Waals surface area (Å²) in [6.45, 7) is 6.46. The zero-order valence-electron chi connectivity index (χ0n) is 35.3. The number of hydrogen-bond donors (Lipinski definition) is 4. The normalized spacial score (nSPS) is 28.9. The minimum atomic E-state index is -4.92. The average Bonchev–Trinajstić information content (AvgIpc) is 4.10. The number of aliphatic hydroxyl groups excluding tert-OH is 1. The number of aliphatic hydroxyl groups is 1. The van der Waals surface area contributed by atoms with Crippen LogP contribution in [0.15, 0.2) is 30.5 Å². The van der Waals surface area contributed by atoms with Crippen LogP contribution < -0.4 is 29.6 Å². The van der Waals surface area contributed by atoms with Crippen LogP contribution in [0.3, 0.4) is 0 Å². The number of hydrogen-bond acceptors (Lipinski definition) is 10. The SMILES string of the molecule is C/C=S(/NC(=O)[C@@]12C[C@H]1/C=C\CC[C@@H](C)C[C@@H](C)[C@H](NC(=O)OC(C)(C)C(F)(F)F)C(=O)N1C[C@H](Oc3ncc(OC)c4cc(OC)c(F)cc34)C[C@H]1C(=O)N2)C1(CO)CC1. The van der Waals surface area contributed by atoms with E-state index in [-0.39, 0.29) is 54.8 Å². The van der Waals surface area contributed by atoms with Crippen molar-refractivity contribution in [3.63, 3.8) is 0 Å². The van der Waals surface area contributed by atoms with Crippen LogP contribution in [-0.2, 0) is 19.1 Å². The summed E-state index contributed by atoms with van der Waals surface area (Å²) in [4.78, 5) is 62.6. The molecule has 336 valence electrons. The number of nitrogens with one attached hydrogen (secondary N) is 3. The van der Waals surface area contributed by atoms with Gasteiger partial charge in [-0.15, -0.1) is 0 Å². The lowest BCUT2D eigenvalue weighted by Crippen LogP contribution is -2.59. The topological polar surface area (TPSA) is 178 Å². The van der Waals surface area contributed by atoms with E-state index in [0.717, 1.165) is 18.9 Å². The molecule has 2 aromatic rings. The Hall–Kier alpha value is -4.65. The molecule has 4 amide bonds. The van der Waals surface area contributed by atoms with E-state index in [4.69, 9.17) is 18.9 Å². The van der Waals surface area contributed by atoms with E-state index >= 15 is 4.39 Å². The van der Waals surface area contributed by atoms with Crippen LogP contribution in [-0.4, -0.2) is 112 Å². The molecule has 1 unspecified atom stereocenters. The van der Waals surface area contributed by atoms with E-state index < -0.39 is 86.5 Å². The maximum absolute atomic E-state index is 15.1. The van der Waals surface area contributed by atoms with Crippen LogP contribution in [0.1, 0.15) is 79.6 Å². The van der Waals surface area contributed by atoms with Gasteiger partial charge in [-0.2, -0.15) is 13.2 Å². The van der Waals surface area contributed by atoms with E-state index in [1.165, 1.54) is 31.4 Å². The Morgan fingerprint density at radius 3 is 2.43 bits per heavy atom. The number of fused-ring (bicyclic) bond motifs is 3. The maximum atomic E-state index is 15.1. The number of halogens is 4. The predicted octanol–water partition coefficient (Wildman–Crippen LogP) is 5.71. The van der Waals surface area contributed by atoms with Gasteiger partial charge in [0.05, 0.1) is 43.7 Å². The molecule has 0 bridgehead atoms. The first-order valence-electron chi connectivity index (χ1n) is 20.4. The van der Waals surface area contributed by atoms with Crippen molar-refractivity contribution in [2.24, 2.45) is 17.8 Å². The fourth-order valence-corrected chi connectivity index (χ4v) is 10.1. The first kappa shape index (κ1) is 45.9. The number of alkyl carbamates (subject to hydrolysis) is 1. The third-order valence-corrected chi connectivity index (χ3v) is 14.7. The molecule has 2 saturated carbocycles. The highest BCUT2D eigenvalue weighted by Gasteiger charge is 2.62. The Labute approximate surface area is 354 Å². The minimum absolute atomic E-state index is 0.0225. The number of carbonyl (C=O) groups is 4. The van der Waals surface area contributed by atoms with Crippen LogP contribution in [0.5, 0.6) is 17.4 Å². The Bertz CT molecular complexity index is 2100. The first-order valence-corrected chi connectivity index (χ1v) is 21.7. The van der Waals surface area contributed by atoms with Crippen molar-refractivity contribution in [2.75, 3.05) is 27.4 Å². The van der Waals surface area contributed by atoms with Crippen molar-refractivity contribution in [1.29, 1.82) is 0 Å². The van der Waals surface area contributed by atoms with Gasteiger partial charge in [0, 0.05) is 17.7 Å². The highest BCUT2D eigenvalue weighted by Crippen LogP contribution is 2.52. The molecule has 2 aliphatic heterocycles. The van der Waals surface area contributed by atoms with Crippen LogP contribution in [0.25, 0.3) is 10.8 Å². The fraction of sp³-hybridized carbons (Fsp3) is 0.619. The average molecular weight is 882 g/mol. The minimum Gasteiger partial charge on any atom is -0.494 e. The number of pyridine rings is 1. The second-order valence-electron chi connectivity index (χ2n) is 17.1. The van der Waals surface area contributed by atoms with E-state index in [1.54, 1.807) is 13.8 Å². The highest BCUT2D eigenvalue weighted by atomic mass is 32.2. The number of aromatic nitrogens is 1. The summed E-state index contributed by atoms with van der Waals surface area (Å²) in [6, 6.07) is -0.172. The predicted molar refractivity (Wildman–Crippen MR) is 220 cm³/mol. The van der Waals surface area contributed by atoms with Gasteiger partial charge in [-0.05, 0) is 88.6 Å². The molecule has 3 heterocycles. The Balaban J connectivity index is 1.37. The monoisotopic (exact) mass is 881 g/mol. The molecule has 19 heteroatoms. The van der Waals surface area contributed by atoms with Gasteiger partial charge >= 0.3 is 12.3 Å². The molecule has 2 aliphatic carbocycles. The van der Waals surface area contributed by atoms with Gasteiger partial charge in [-0.3, -0.25) is 14.4 Å². The molecule has 61 heavy (non-hydrogen) atoms. The van der Waals surface area contributed by atoms with Gasteiger partial charge in [0.15, 0.2) is 11.6 Å². The molecule has 14 nitrogen and oxygen atoms in total.